The summed E-state index contributed by atoms with van der Waals surface area (Å²) in [6.45, 7) is 0. The molecule has 0 saturated carbocycles. The molecule has 0 heterocycles. The first-order chi connectivity index (χ1) is 11.9. The van der Waals surface area contributed by atoms with Gasteiger partial charge in [0.15, 0.2) is 0 Å². The van der Waals surface area contributed by atoms with Crippen molar-refractivity contribution >= 4 is 49.2 Å². The van der Waals surface area contributed by atoms with Gasteiger partial charge in [-0.15, -0.1) is 0 Å². The molecule has 0 bridgehead atoms. The predicted octanol–water partition coefficient (Wildman–Crippen LogP) is 5.75. The molecular formula is C24H16. The Labute approximate surface area is 140 Å². The molecule has 0 amide bonds. The van der Waals surface area contributed by atoms with E-state index in [-0.39, 0.29) is 0 Å². The van der Waals surface area contributed by atoms with Crippen LogP contribution >= 0.6 is 0 Å². The van der Waals surface area contributed by atoms with E-state index in [1.165, 1.54) is 53.9 Å². The molecule has 112 valence electrons. The second-order valence-electron chi connectivity index (χ2n) is 6.90. The number of aryl methyl sites for hydroxylation is 1. The highest BCUT2D eigenvalue weighted by Crippen LogP contribution is 2.38. The maximum atomic E-state index is 2.40. The van der Waals surface area contributed by atoms with Gasteiger partial charge in [-0.1, -0.05) is 66.7 Å². The Morgan fingerprint density at radius 1 is 0.583 bits per heavy atom. The van der Waals surface area contributed by atoms with Gasteiger partial charge in [-0.3, -0.25) is 0 Å². The molecule has 1 aliphatic rings. The van der Waals surface area contributed by atoms with Gasteiger partial charge < -0.3 is 0 Å². The minimum atomic E-state index is 1.16. The van der Waals surface area contributed by atoms with Crippen molar-refractivity contribution in [3.8, 4) is 0 Å². The van der Waals surface area contributed by atoms with E-state index in [1.807, 2.05) is 0 Å². The van der Waals surface area contributed by atoms with Crippen molar-refractivity contribution < 1.29 is 0 Å². The van der Waals surface area contributed by atoms with Crippen LogP contribution in [0.2, 0.25) is 0 Å². The van der Waals surface area contributed by atoms with Crippen LogP contribution in [0, 0.1) is 0 Å². The van der Waals surface area contributed by atoms with Crippen LogP contribution < -0.4 is 5.22 Å². The van der Waals surface area contributed by atoms with Gasteiger partial charge in [0.05, 0.1) is 0 Å². The number of benzene rings is 5. The van der Waals surface area contributed by atoms with Gasteiger partial charge in [-0.25, -0.2) is 0 Å². The zero-order valence-electron chi connectivity index (χ0n) is 13.3. The van der Waals surface area contributed by atoms with Crippen LogP contribution in [-0.2, 0) is 6.42 Å². The van der Waals surface area contributed by atoms with Crippen LogP contribution in [0.1, 0.15) is 12.0 Å². The van der Waals surface area contributed by atoms with E-state index in [4.69, 9.17) is 0 Å². The summed E-state index contributed by atoms with van der Waals surface area (Å²) < 4.78 is 0. The molecule has 24 heavy (non-hydrogen) atoms. The normalized spacial score (nSPS) is 13.8. The summed E-state index contributed by atoms with van der Waals surface area (Å²) in [4.78, 5) is 0. The van der Waals surface area contributed by atoms with Crippen molar-refractivity contribution in [2.45, 2.75) is 12.8 Å². The molecule has 5 aromatic rings. The van der Waals surface area contributed by atoms with Gasteiger partial charge in [0, 0.05) is 0 Å². The molecule has 0 atom stereocenters. The minimum Gasteiger partial charge on any atom is -0.0763 e. The van der Waals surface area contributed by atoms with Crippen LogP contribution in [0.15, 0.2) is 66.7 Å². The summed E-state index contributed by atoms with van der Waals surface area (Å²) in [5.74, 6) is 0. The second kappa shape index (κ2) is 4.36. The van der Waals surface area contributed by atoms with Gasteiger partial charge in [-0.2, -0.15) is 0 Å². The van der Waals surface area contributed by atoms with E-state index >= 15 is 0 Å². The summed E-state index contributed by atoms with van der Waals surface area (Å²) in [6, 6.07) is 24.9. The molecule has 1 aliphatic carbocycles. The fourth-order valence-electron chi connectivity index (χ4n) is 4.59. The Morgan fingerprint density at radius 2 is 1.42 bits per heavy atom. The zero-order chi connectivity index (χ0) is 15.7. The molecular weight excluding hydrogens is 288 g/mol. The first-order valence-electron chi connectivity index (χ1n) is 8.69. The second-order valence-corrected chi connectivity index (χ2v) is 6.90. The lowest BCUT2D eigenvalue weighted by molar-refractivity contribution is 1.04. The van der Waals surface area contributed by atoms with Crippen LogP contribution in [0.5, 0.6) is 0 Å². The summed E-state index contributed by atoms with van der Waals surface area (Å²) in [5.41, 5.74) is 1.50. The average molecular weight is 304 g/mol. The molecule has 6 rings (SSSR count). The average Bonchev–Trinajstić information content (AvgIpc) is 2.65. The molecule has 0 radical (unpaired) electrons. The Hall–Kier alpha value is -2.86. The number of rotatable bonds is 0. The van der Waals surface area contributed by atoms with Crippen LogP contribution in [-0.4, -0.2) is 0 Å². The van der Waals surface area contributed by atoms with E-state index in [0.29, 0.717) is 0 Å². The van der Waals surface area contributed by atoms with Crippen molar-refractivity contribution in [1.82, 2.24) is 0 Å². The van der Waals surface area contributed by atoms with E-state index in [1.54, 1.807) is 0 Å². The summed E-state index contributed by atoms with van der Waals surface area (Å²) in [7, 11) is 0. The summed E-state index contributed by atoms with van der Waals surface area (Å²) in [5, 5.41) is 12.5. The van der Waals surface area contributed by atoms with Gasteiger partial charge in [0.2, 0.25) is 0 Å². The molecule has 0 unspecified atom stereocenters. The SMILES string of the molecule is C1=c2ccc3cc4ccc5ccccc5c4c4ccc(c2c34)CC1. The first kappa shape index (κ1) is 12.5. The lowest BCUT2D eigenvalue weighted by Gasteiger charge is -2.17. The number of hydrogen-bond acceptors (Lipinski definition) is 0. The zero-order valence-corrected chi connectivity index (χ0v) is 13.3. The largest absolute Gasteiger partial charge is 0.0763 e. The van der Waals surface area contributed by atoms with Crippen molar-refractivity contribution in [3.05, 3.63) is 77.5 Å². The lowest BCUT2D eigenvalue weighted by atomic mass is 9.87. The van der Waals surface area contributed by atoms with Crippen LogP contribution in [0.25, 0.3) is 49.2 Å². The van der Waals surface area contributed by atoms with E-state index in [9.17, 15) is 0 Å². The maximum absolute atomic E-state index is 2.40. The third-order valence-electron chi connectivity index (χ3n) is 5.63. The third kappa shape index (κ3) is 1.48. The topological polar surface area (TPSA) is 0 Å². The quantitative estimate of drug-likeness (QED) is 0.252. The Bertz CT molecular complexity index is 1340. The molecule has 5 aromatic carbocycles. The minimum absolute atomic E-state index is 1.16. The van der Waals surface area contributed by atoms with Gasteiger partial charge in [0.25, 0.3) is 0 Å². The highest BCUT2D eigenvalue weighted by atomic mass is 14.2. The molecule has 0 saturated heterocycles. The smallest absolute Gasteiger partial charge is 0.00235 e. The fraction of sp³-hybridized carbons (Fsp3) is 0.0833. The Kier molecular flexibility index (Phi) is 2.28. The van der Waals surface area contributed by atoms with Gasteiger partial charge in [0.1, 0.15) is 0 Å². The maximum Gasteiger partial charge on any atom is -0.00235 e. The molecule has 0 aromatic heterocycles. The van der Waals surface area contributed by atoms with Crippen molar-refractivity contribution in [3.63, 3.8) is 0 Å². The monoisotopic (exact) mass is 304 g/mol. The third-order valence-corrected chi connectivity index (χ3v) is 5.63. The summed E-state index contributed by atoms with van der Waals surface area (Å²) in [6.07, 6.45) is 4.72. The highest BCUT2D eigenvalue weighted by Gasteiger charge is 2.14. The predicted molar refractivity (Wildman–Crippen MR) is 104 cm³/mol. The van der Waals surface area contributed by atoms with E-state index < -0.39 is 0 Å². The Balaban J connectivity index is 2.01. The first-order valence-corrected chi connectivity index (χ1v) is 8.69. The highest BCUT2D eigenvalue weighted by molar-refractivity contribution is 6.28. The van der Waals surface area contributed by atoms with Crippen molar-refractivity contribution in [2.24, 2.45) is 0 Å². The van der Waals surface area contributed by atoms with Crippen LogP contribution in [0.4, 0.5) is 0 Å². The fourth-order valence-corrected chi connectivity index (χ4v) is 4.59. The van der Waals surface area contributed by atoms with E-state index in [2.05, 4.69) is 72.8 Å². The molecule has 0 fully saturated rings. The van der Waals surface area contributed by atoms with Crippen molar-refractivity contribution in [1.29, 1.82) is 0 Å². The molecule has 0 spiro atoms. The number of hydrogen-bond donors (Lipinski definition) is 0. The Morgan fingerprint density at radius 3 is 2.42 bits per heavy atom. The van der Waals surface area contributed by atoms with E-state index in [0.717, 1.165) is 12.8 Å². The molecule has 0 heteroatoms. The summed E-state index contributed by atoms with van der Waals surface area (Å²) >= 11 is 0. The standard InChI is InChI=1S/C24H16/c1-2-7-20-15(4-1)8-10-18-14-19-11-9-16-5-3-6-17-12-13-21(23(18)20)24(19)22(16)17/h1-2,4-5,7-14H,3,6H2. The van der Waals surface area contributed by atoms with Gasteiger partial charge >= 0.3 is 0 Å². The molecule has 0 N–H and O–H groups in total. The van der Waals surface area contributed by atoms with Gasteiger partial charge in [-0.05, 0) is 72.8 Å². The molecule has 0 nitrogen and oxygen atoms in total. The molecule has 0 aliphatic heterocycles. The number of fused-ring (bicyclic) bond motifs is 4. The lowest BCUT2D eigenvalue weighted by Crippen LogP contribution is -2.09. The van der Waals surface area contributed by atoms with Crippen LogP contribution in [0.3, 0.4) is 0 Å². The van der Waals surface area contributed by atoms with Crippen molar-refractivity contribution in [2.75, 3.05) is 0 Å².